The van der Waals surface area contributed by atoms with Crippen molar-refractivity contribution in [2.24, 2.45) is 0 Å². The molecule has 1 saturated heterocycles. The minimum Gasteiger partial charge on any atom is -0.233 e. The van der Waals surface area contributed by atoms with Crippen molar-refractivity contribution in [3.63, 3.8) is 0 Å². The second-order valence-electron chi connectivity index (χ2n) is 3.94. The van der Waals surface area contributed by atoms with E-state index in [0.717, 1.165) is 6.42 Å². The van der Waals surface area contributed by atoms with Gasteiger partial charge in [0.2, 0.25) is 0 Å². The van der Waals surface area contributed by atoms with Crippen LogP contribution in [0.4, 0.5) is 0 Å². The summed E-state index contributed by atoms with van der Waals surface area (Å²) in [7, 11) is 0. The summed E-state index contributed by atoms with van der Waals surface area (Å²) >= 11 is 0. The third-order valence-corrected chi connectivity index (χ3v) is 2.81. The van der Waals surface area contributed by atoms with E-state index in [-0.39, 0.29) is 5.60 Å². The number of rotatable bonds is 0. The molecule has 11 heavy (non-hydrogen) atoms. The second-order valence-corrected chi connectivity index (χ2v) is 3.94. The lowest BCUT2D eigenvalue weighted by Crippen LogP contribution is -2.30. The molecule has 0 aromatic rings. The van der Waals surface area contributed by atoms with Crippen LogP contribution < -0.4 is 0 Å². The molecule has 64 valence electrons. The molecule has 1 unspecified atom stereocenters. The van der Waals surface area contributed by atoms with Crippen molar-refractivity contribution >= 4 is 0 Å². The summed E-state index contributed by atoms with van der Waals surface area (Å²) in [6.07, 6.45) is 7.83. The average Bonchev–Trinajstić information content (AvgIpc) is 2.34. The first-order valence-electron chi connectivity index (χ1n) is 4.65. The Morgan fingerprint density at radius 1 is 1.18 bits per heavy atom. The fraction of sp³-hybridized carbons (Fsp3) is 1.00. The summed E-state index contributed by atoms with van der Waals surface area (Å²) in [5.74, 6) is 0. The molecule has 2 nitrogen and oxygen atoms in total. The standard InChI is InChI=1S/C9H16O2/c1-8-7-9(11-10-8)5-3-2-4-6-9/h8H,2-7H2,1H3. The Labute approximate surface area is 67.8 Å². The zero-order valence-corrected chi connectivity index (χ0v) is 7.14. The molecule has 1 saturated carbocycles. The van der Waals surface area contributed by atoms with Gasteiger partial charge in [-0.05, 0) is 19.8 Å². The first kappa shape index (κ1) is 7.56. The Bertz CT molecular complexity index is 133. The summed E-state index contributed by atoms with van der Waals surface area (Å²) in [4.78, 5) is 10.5. The van der Waals surface area contributed by atoms with Crippen molar-refractivity contribution in [3.05, 3.63) is 0 Å². The first-order valence-corrected chi connectivity index (χ1v) is 4.65. The summed E-state index contributed by atoms with van der Waals surface area (Å²) in [5, 5.41) is 0. The van der Waals surface area contributed by atoms with E-state index in [1.807, 2.05) is 0 Å². The van der Waals surface area contributed by atoms with Crippen molar-refractivity contribution in [2.45, 2.75) is 57.2 Å². The summed E-state index contributed by atoms with van der Waals surface area (Å²) in [5.41, 5.74) is 0.123. The first-order chi connectivity index (χ1) is 5.31. The molecule has 1 spiro atoms. The van der Waals surface area contributed by atoms with Gasteiger partial charge >= 0.3 is 0 Å². The van der Waals surface area contributed by atoms with Crippen molar-refractivity contribution < 1.29 is 9.78 Å². The molecule has 0 amide bonds. The summed E-state index contributed by atoms with van der Waals surface area (Å²) < 4.78 is 0. The highest BCUT2D eigenvalue weighted by molar-refractivity contribution is 4.87. The topological polar surface area (TPSA) is 18.5 Å². The van der Waals surface area contributed by atoms with Gasteiger partial charge in [-0.1, -0.05) is 19.3 Å². The SMILES string of the molecule is CC1CC2(CCCCC2)OO1. The zero-order chi connectivity index (χ0) is 7.73. The lowest BCUT2D eigenvalue weighted by atomic mass is 9.82. The van der Waals surface area contributed by atoms with Crippen LogP contribution in [0.2, 0.25) is 0 Å². The maximum absolute atomic E-state index is 5.39. The minimum atomic E-state index is 0.123. The van der Waals surface area contributed by atoms with Crippen molar-refractivity contribution in [2.75, 3.05) is 0 Å². The van der Waals surface area contributed by atoms with Crippen LogP contribution >= 0.6 is 0 Å². The van der Waals surface area contributed by atoms with Crippen molar-refractivity contribution in [1.29, 1.82) is 0 Å². The quantitative estimate of drug-likeness (QED) is 0.501. The Hall–Kier alpha value is -0.0800. The molecule has 0 radical (unpaired) electrons. The van der Waals surface area contributed by atoms with Gasteiger partial charge in [-0.3, -0.25) is 0 Å². The van der Waals surface area contributed by atoms with Crippen LogP contribution in [0.3, 0.4) is 0 Å². The molecule has 1 aliphatic heterocycles. The van der Waals surface area contributed by atoms with E-state index in [1.165, 1.54) is 32.1 Å². The van der Waals surface area contributed by atoms with Gasteiger partial charge in [0.1, 0.15) is 5.60 Å². The van der Waals surface area contributed by atoms with Crippen LogP contribution in [0, 0.1) is 0 Å². The zero-order valence-electron chi connectivity index (χ0n) is 7.14. The maximum Gasteiger partial charge on any atom is 0.106 e. The molecular formula is C9H16O2. The summed E-state index contributed by atoms with van der Waals surface area (Å²) in [6.45, 7) is 2.09. The van der Waals surface area contributed by atoms with Crippen LogP contribution in [-0.2, 0) is 9.78 Å². The molecule has 0 aromatic heterocycles. The molecular weight excluding hydrogens is 140 g/mol. The highest BCUT2D eigenvalue weighted by Gasteiger charge is 2.41. The fourth-order valence-corrected chi connectivity index (χ4v) is 2.26. The monoisotopic (exact) mass is 156 g/mol. The third-order valence-electron chi connectivity index (χ3n) is 2.81. The molecule has 0 bridgehead atoms. The normalized spacial score (nSPS) is 36.3. The lowest BCUT2D eigenvalue weighted by Gasteiger charge is -2.29. The summed E-state index contributed by atoms with van der Waals surface area (Å²) in [6, 6.07) is 0. The van der Waals surface area contributed by atoms with Crippen LogP contribution in [-0.4, -0.2) is 11.7 Å². The van der Waals surface area contributed by atoms with Gasteiger partial charge < -0.3 is 0 Å². The van der Waals surface area contributed by atoms with Gasteiger partial charge in [-0.15, -0.1) is 0 Å². The van der Waals surface area contributed by atoms with E-state index in [9.17, 15) is 0 Å². The van der Waals surface area contributed by atoms with Gasteiger partial charge in [0.15, 0.2) is 0 Å². The van der Waals surface area contributed by atoms with Gasteiger partial charge in [0.05, 0.1) is 6.10 Å². The third kappa shape index (κ3) is 1.42. The molecule has 2 rings (SSSR count). The van der Waals surface area contributed by atoms with Crippen LogP contribution in [0.5, 0.6) is 0 Å². The molecule has 1 aliphatic carbocycles. The van der Waals surface area contributed by atoms with E-state index in [1.54, 1.807) is 0 Å². The second kappa shape index (κ2) is 2.76. The number of hydrogen-bond donors (Lipinski definition) is 0. The molecule has 1 atom stereocenters. The van der Waals surface area contributed by atoms with E-state index >= 15 is 0 Å². The molecule has 0 N–H and O–H groups in total. The minimum absolute atomic E-state index is 0.123. The van der Waals surface area contributed by atoms with Gasteiger partial charge in [0.25, 0.3) is 0 Å². The van der Waals surface area contributed by atoms with Crippen LogP contribution in [0.25, 0.3) is 0 Å². The molecule has 0 aromatic carbocycles. The maximum atomic E-state index is 5.39. The molecule has 1 heterocycles. The van der Waals surface area contributed by atoms with E-state index in [0.29, 0.717) is 6.10 Å². The Balaban J connectivity index is 1.98. The fourth-order valence-electron chi connectivity index (χ4n) is 2.26. The highest BCUT2D eigenvalue weighted by atomic mass is 17.2. The Morgan fingerprint density at radius 2 is 1.91 bits per heavy atom. The molecule has 2 heteroatoms. The van der Waals surface area contributed by atoms with E-state index in [2.05, 4.69) is 6.92 Å². The van der Waals surface area contributed by atoms with Gasteiger partial charge in [-0.2, -0.15) is 0 Å². The van der Waals surface area contributed by atoms with Crippen molar-refractivity contribution in [3.8, 4) is 0 Å². The van der Waals surface area contributed by atoms with Crippen LogP contribution in [0.1, 0.15) is 45.4 Å². The molecule has 2 aliphatic rings. The molecule has 2 fully saturated rings. The lowest BCUT2D eigenvalue weighted by molar-refractivity contribution is -0.328. The van der Waals surface area contributed by atoms with Crippen molar-refractivity contribution in [1.82, 2.24) is 0 Å². The highest BCUT2D eigenvalue weighted by Crippen LogP contribution is 2.40. The number of hydrogen-bond acceptors (Lipinski definition) is 2. The van der Waals surface area contributed by atoms with Crippen LogP contribution in [0.15, 0.2) is 0 Å². The Kier molecular flexibility index (Phi) is 1.90. The van der Waals surface area contributed by atoms with E-state index < -0.39 is 0 Å². The average molecular weight is 156 g/mol. The van der Waals surface area contributed by atoms with Gasteiger partial charge in [0, 0.05) is 6.42 Å². The predicted octanol–water partition coefficient (Wildman–Crippen LogP) is 2.43. The van der Waals surface area contributed by atoms with Gasteiger partial charge in [-0.25, -0.2) is 9.78 Å². The van der Waals surface area contributed by atoms with E-state index in [4.69, 9.17) is 9.78 Å². The largest absolute Gasteiger partial charge is 0.233 e. The predicted molar refractivity (Wildman–Crippen MR) is 42.1 cm³/mol. The smallest absolute Gasteiger partial charge is 0.106 e. The Morgan fingerprint density at radius 3 is 2.45 bits per heavy atom.